The second kappa shape index (κ2) is 51.1. The smallest absolute Gasteiger partial charge is 0.180 e. The molecule has 7 heteroatoms. The molecule has 7 nitrogen and oxygen atoms in total. The molecule has 408 valence electrons. The van der Waals surface area contributed by atoms with Crippen LogP contribution < -0.4 is 0 Å². The van der Waals surface area contributed by atoms with Crippen LogP contribution in [0.25, 0.3) is 0 Å². The first kappa shape index (κ1) is 64.8. The zero-order valence-electron chi connectivity index (χ0n) is 46.5. The highest BCUT2D eigenvalue weighted by molar-refractivity contribution is 5.14. The standard InChI is InChI=1S/C64H110O7/c1-5-9-41-53-65-61(66-54-42-10-6-2)49-37-27-23-19-15-13-17-21-25-29-39-51-63(69-57-59-45-33-31-34-46-59)71-64(70-58-60-47-35-32-36-48-60)52-40-30-26-22-18-14-16-20-24-28-38-50-62(67-55-43-11-7-3)68-56-44-12-8-4/h31-36,39-40,45-48,51-52,61-64H,5-30,37-38,41-44,49-50,53-58H2,1-4H3. The highest BCUT2D eigenvalue weighted by Gasteiger charge is 2.15. The van der Waals surface area contributed by atoms with Crippen LogP contribution in [-0.4, -0.2) is 51.6 Å². The molecule has 2 rings (SSSR count). The lowest BCUT2D eigenvalue weighted by atomic mass is 10.1. The van der Waals surface area contributed by atoms with Crippen molar-refractivity contribution in [3.05, 3.63) is 96.1 Å². The summed E-state index contributed by atoms with van der Waals surface area (Å²) in [5.74, 6) is 0. The van der Waals surface area contributed by atoms with Gasteiger partial charge in [0, 0.05) is 26.4 Å². The Balaban J connectivity index is 1.72. The maximum Gasteiger partial charge on any atom is 0.180 e. The Morgan fingerprint density at radius 3 is 0.930 bits per heavy atom. The quantitative estimate of drug-likeness (QED) is 0.0372. The Morgan fingerprint density at radius 2 is 0.620 bits per heavy atom. The zero-order valence-corrected chi connectivity index (χ0v) is 46.5. The predicted molar refractivity (Wildman–Crippen MR) is 300 cm³/mol. The molecule has 0 spiro atoms. The average Bonchev–Trinajstić information content (AvgIpc) is 3.39. The fraction of sp³-hybridized carbons (Fsp3) is 0.750. The molecule has 0 aromatic heterocycles. The maximum absolute atomic E-state index is 6.58. The van der Waals surface area contributed by atoms with Crippen molar-refractivity contribution in [1.29, 1.82) is 0 Å². The number of rotatable bonds is 54. The summed E-state index contributed by atoms with van der Waals surface area (Å²) < 4.78 is 43.8. The first-order valence-corrected chi connectivity index (χ1v) is 29.9. The number of hydrogen-bond donors (Lipinski definition) is 0. The molecule has 0 heterocycles. The van der Waals surface area contributed by atoms with Crippen LogP contribution >= 0.6 is 0 Å². The van der Waals surface area contributed by atoms with Crippen LogP contribution in [0.2, 0.25) is 0 Å². The molecule has 0 aliphatic carbocycles. The lowest BCUT2D eigenvalue weighted by molar-refractivity contribution is -0.215. The van der Waals surface area contributed by atoms with Crippen molar-refractivity contribution in [2.45, 2.75) is 284 Å². The van der Waals surface area contributed by atoms with E-state index in [0.717, 1.165) is 88.9 Å². The van der Waals surface area contributed by atoms with Gasteiger partial charge in [-0.3, -0.25) is 0 Å². The van der Waals surface area contributed by atoms with Crippen molar-refractivity contribution < 1.29 is 33.2 Å². The van der Waals surface area contributed by atoms with E-state index < -0.39 is 12.6 Å². The summed E-state index contributed by atoms with van der Waals surface area (Å²) >= 11 is 0. The minimum absolute atomic E-state index is 0.0146. The van der Waals surface area contributed by atoms with Crippen LogP contribution in [-0.2, 0) is 46.4 Å². The zero-order chi connectivity index (χ0) is 50.6. The third-order valence-corrected chi connectivity index (χ3v) is 13.2. The van der Waals surface area contributed by atoms with Gasteiger partial charge in [0.1, 0.15) is 0 Å². The fourth-order valence-electron chi connectivity index (χ4n) is 8.65. The average molecular weight is 992 g/mol. The minimum atomic E-state index is -0.509. The van der Waals surface area contributed by atoms with Crippen molar-refractivity contribution in [3.8, 4) is 0 Å². The fourth-order valence-corrected chi connectivity index (χ4v) is 8.65. The summed E-state index contributed by atoms with van der Waals surface area (Å²) in [6.07, 6.45) is 49.1. The van der Waals surface area contributed by atoms with Gasteiger partial charge in [-0.05, 0) is 100 Å². The molecular formula is C64H110O7. The molecular weight excluding hydrogens is 881 g/mol. The molecule has 2 aromatic carbocycles. The summed E-state index contributed by atoms with van der Waals surface area (Å²) in [6, 6.07) is 20.7. The van der Waals surface area contributed by atoms with Crippen molar-refractivity contribution in [3.63, 3.8) is 0 Å². The SMILES string of the molecule is CCCCCOC(CCCCCCCCCCCC=CC(OCc1ccccc1)OC(C=CCCCCCCCCCCCC(OCCCCC)OCCCCC)OCc1ccccc1)OCCCCC. The summed E-state index contributed by atoms with van der Waals surface area (Å²) in [7, 11) is 0. The molecule has 0 N–H and O–H groups in total. The van der Waals surface area contributed by atoms with Crippen LogP contribution in [0.3, 0.4) is 0 Å². The van der Waals surface area contributed by atoms with Crippen LogP contribution in [0.4, 0.5) is 0 Å². The van der Waals surface area contributed by atoms with Gasteiger partial charge in [-0.15, -0.1) is 0 Å². The van der Waals surface area contributed by atoms with E-state index in [2.05, 4.69) is 101 Å². The number of hydrogen-bond acceptors (Lipinski definition) is 7. The van der Waals surface area contributed by atoms with Crippen molar-refractivity contribution in [2.75, 3.05) is 26.4 Å². The van der Waals surface area contributed by atoms with Gasteiger partial charge in [0.05, 0.1) is 13.2 Å². The molecule has 0 saturated heterocycles. The van der Waals surface area contributed by atoms with Gasteiger partial charge in [-0.1, -0.05) is 242 Å². The first-order chi connectivity index (χ1) is 35.2. The van der Waals surface area contributed by atoms with E-state index in [1.54, 1.807) is 0 Å². The molecule has 0 aliphatic rings. The van der Waals surface area contributed by atoms with E-state index in [1.165, 1.54) is 167 Å². The van der Waals surface area contributed by atoms with Gasteiger partial charge in [0.2, 0.25) is 0 Å². The monoisotopic (exact) mass is 991 g/mol. The molecule has 2 atom stereocenters. The number of allylic oxidation sites excluding steroid dienone is 2. The molecule has 0 fully saturated rings. The van der Waals surface area contributed by atoms with E-state index in [9.17, 15) is 0 Å². The normalized spacial score (nSPS) is 12.9. The summed E-state index contributed by atoms with van der Waals surface area (Å²) in [5.41, 5.74) is 2.26. The highest BCUT2D eigenvalue weighted by Crippen LogP contribution is 2.19. The van der Waals surface area contributed by atoms with Gasteiger partial charge in [0.15, 0.2) is 25.2 Å². The van der Waals surface area contributed by atoms with Gasteiger partial charge in [-0.25, -0.2) is 0 Å². The molecule has 0 saturated carbocycles. The molecule has 2 unspecified atom stereocenters. The van der Waals surface area contributed by atoms with Gasteiger partial charge < -0.3 is 33.2 Å². The molecule has 0 aliphatic heterocycles. The lowest BCUT2D eigenvalue weighted by Gasteiger charge is -2.22. The largest absolute Gasteiger partial charge is 0.353 e. The third kappa shape index (κ3) is 41.7. The summed E-state index contributed by atoms with van der Waals surface area (Å²) in [6.45, 7) is 13.2. The Morgan fingerprint density at radius 1 is 0.324 bits per heavy atom. The predicted octanol–water partition coefficient (Wildman–Crippen LogP) is 19.3. The van der Waals surface area contributed by atoms with E-state index >= 15 is 0 Å². The minimum Gasteiger partial charge on any atom is -0.353 e. The van der Waals surface area contributed by atoms with Crippen molar-refractivity contribution in [1.82, 2.24) is 0 Å². The Labute approximate surface area is 438 Å². The second-order valence-electron chi connectivity index (χ2n) is 20.0. The number of benzene rings is 2. The summed E-state index contributed by atoms with van der Waals surface area (Å²) in [5, 5.41) is 0. The molecule has 0 bridgehead atoms. The third-order valence-electron chi connectivity index (χ3n) is 13.2. The van der Waals surface area contributed by atoms with E-state index in [-0.39, 0.29) is 12.6 Å². The topological polar surface area (TPSA) is 64.6 Å². The van der Waals surface area contributed by atoms with Crippen LogP contribution in [0, 0.1) is 0 Å². The van der Waals surface area contributed by atoms with Gasteiger partial charge in [0.25, 0.3) is 0 Å². The summed E-state index contributed by atoms with van der Waals surface area (Å²) in [4.78, 5) is 0. The van der Waals surface area contributed by atoms with Gasteiger partial charge >= 0.3 is 0 Å². The Bertz CT molecular complexity index is 1270. The Kier molecular flexibility index (Phi) is 46.6. The van der Waals surface area contributed by atoms with E-state index in [1.807, 2.05) is 12.1 Å². The maximum atomic E-state index is 6.58. The molecule has 0 radical (unpaired) electrons. The van der Waals surface area contributed by atoms with Crippen LogP contribution in [0.5, 0.6) is 0 Å². The first-order valence-electron chi connectivity index (χ1n) is 29.9. The second-order valence-corrected chi connectivity index (χ2v) is 20.0. The molecule has 71 heavy (non-hydrogen) atoms. The van der Waals surface area contributed by atoms with E-state index in [4.69, 9.17) is 33.2 Å². The highest BCUT2D eigenvalue weighted by atomic mass is 16.8. The number of unbranched alkanes of at least 4 members (excludes halogenated alkanes) is 26. The number of ether oxygens (including phenoxy) is 7. The Hall–Kier alpha value is -2.36. The van der Waals surface area contributed by atoms with Crippen molar-refractivity contribution in [2.24, 2.45) is 0 Å². The van der Waals surface area contributed by atoms with Gasteiger partial charge in [-0.2, -0.15) is 0 Å². The van der Waals surface area contributed by atoms with Crippen LogP contribution in [0.1, 0.15) is 257 Å². The lowest BCUT2D eigenvalue weighted by Crippen LogP contribution is -2.24. The molecule has 0 amide bonds. The van der Waals surface area contributed by atoms with E-state index in [0.29, 0.717) is 13.2 Å². The van der Waals surface area contributed by atoms with Crippen molar-refractivity contribution >= 4 is 0 Å². The molecule has 2 aromatic rings. The van der Waals surface area contributed by atoms with Crippen LogP contribution in [0.15, 0.2) is 85.0 Å².